The second-order valence-corrected chi connectivity index (χ2v) is 4.05. The van der Waals surface area contributed by atoms with E-state index in [1.54, 1.807) is 0 Å². The smallest absolute Gasteiger partial charge is 0.238 e. The summed E-state index contributed by atoms with van der Waals surface area (Å²) in [6.45, 7) is 0. The quantitative estimate of drug-likeness (QED) is 0.430. The van der Waals surface area contributed by atoms with Crippen molar-refractivity contribution in [3.63, 3.8) is 0 Å². The van der Waals surface area contributed by atoms with E-state index in [-0.39, 0.29) is 5.91 Å². The fourth-order valence-corrected chi connectivity index (χ4v) is 2.13. The molecule has 0 unspecified atom stereocenters. The third-order valence-electron chi connectivity index (χ3n) is 2.94. The Morgan fingerprint density at radius 3 is 2.73 bits per heavy atom. The Kier molecular flexibility index (Phi) is 3.02. The predicted octanol–water partition coefficient (Wildman–Crippen LogP) is 1.10. The van der Waals surface area contributed by atoms with E-state index >= 15 is 0 Å². The SMILES string of the molecule is NNC(=O)Cc1ccc2c(c1)CCCC2. The van der Waals surface area contributed by atoms with Gasteiger partial charge in [-0.05, 0) is 42.4 Å². The van der Waals surface area contributed by atoms with Gasteiger partial charge in [-0.15, -0.1) is 0 Å². The van der Waals surface area contributed by atoms with E-state index in [1.165, 1.54) is 30.4 Å². The van der Waals surface area contributed by atoms with Crippen LogP contribution in [-0.4, -0.2) is 5.91 Å². The number of carbonyl (C=O) groups is 1. The molecule has 0 saturated carbocycles. The number of benzene rings is 1. The molecule has 0 atom stereocenters. The monoisotopic (exact) mass is 204 g/mol. The Bertz CT molecular complexity index is 374. The largest absolute Gasteiger partial charge is 0.294 e. The van der Waals surface area contributed by atoms with Crippen LogP contribution in [0.15, 0.2) is 18.2 Å². The van der Waals surface area contributed by atoms with Gasteiger partial charge in [-0.1, -0.05) is 18.2 Å². The van der Waals surface area contributed by atoms with E-state index in [0.29, 0.717) is 6.42 Å². The van der Waals surface area contributed by atoms with Crippen molar-refractivity contribution in [2.24, 2.45) is 5.84 Å². The molecule has 0 bridgehead atoms. The number of rotatable bonds is 2. The maximum absolute atomic E-state index is 11.1. The molecule has 1 aromatic rings. The van der Waals surface area contributed by atoms with Gasteiger partial charge in [0.15, 0.2) is 0 Å². The topological polar surface area (TPSA) is 55.1 Å². The van der Waals surface area contributed by atoms with Gasteiger partial charge in [0.05, 0.1) is 6.42 Å². The fourth-order valence-electron chi connectivity index (χ4n) is 2.13. The Balaban J connectivity index is 2.17. The maximum atomic E-state index is 11.1. The van der Waals surface area contributed by atoms with E-state index in [4.69, 9.17) is 5.84 Å². The Labute approximate surface area is 89.6 Å². The van der Waals surface area contributed by atoms with E-state index in [2.05, 4.69) is 17.6 Å². The molecule has 2 rings (SSSR count). The second-order valence-electron chi connectivity index (χ2n) is 4.05. The first-order valence-corrected chi connectivity index (χ1v) is 5.40. The Morgan fingerprint density at radius 1 is 1.27 bits per heavy atom. The molecule has 3 nitrogen and oxygen atoms in total. The first-order chi connectivity index (χ1) is 7.29. The Hall–Kier alpha value is -1.35. The second kappa shape index (κ2) is 4.45. The molecule has 3 heteroatoms. The first kappa shape index (κ1) is 10.2. The maximum Gasteiger partial charge on any atom is 0.238 e. The molecule has 1 aliphatic rings. The average Bonchev–Trinajstić information content (AvgIpc) is 2.29. The summed E-state index contributed by atoms with van der Waals surface area (Å²) in [5, 5.41) is 0. The summed E-state index contributed by atoms with van der Waals surface area (Å²) in [5.41, 5.74) is 6.06. The van der Waals surface area contributed by atoms with Crippen molar-refractivity contribution < 1.29 is 4.79 Å². The van der Waals surface area contributed by atoms with Gasteiger partial charge < -0.3 is 0 Å². The summed E-state index contributed by atoms with van der Waals surface area (Å²) in [6, 6.07) is 6.32. The van der Waals surface area contributed by atoms with Crippen molar-refractivity contribution in [3.05, 3.63) is 34.9 Å². The van der Waals surface area contributed by atoms with Gasteiger partial charge in [-0.25, -0.2) is 5.84 Å². The van der Waals surface area contributed by atoms with Gasteiger partial charge >= 0.3 is 0 Å². The van der Waals surface area contributed by atoms with E-state index in [1.807, 2.05) is 6.07 Å². The molecule has 1 amide bonds. The van der Waals surface area contributed by atoms with Crippen LogP contribution in [0.3, 0.4) is 0 Å². The van der Waals surface area contributed by atoms with Crippen molar-refractivity contribution in [3.8, 4) is 0 Å². The average molecular weight is 204 g/mol. The van der Waals surface area contributed by atoms with Crippen LogP contribution < -0.4 is 11.3 Å². The fraction of sp³-hybridized carbons (Fsp3) is 0.417. The lowest BCUT2D eigenvalue weighted by Crippen LogP contribution is -2.31. The predicted molar refractivity (Wildman–Crippen MR) is 59.1 cm³/mol. The highest BCUT2D eigenvalue weighted by atomic mass is 16.2. The number of nitrogens with one attached hydrogen (secondary N) is 1. The lowest BCUT2D eigenvalue weighted by Gasteiger charge is -2.16. The zero-order valence-corrected chi connectivity index (χ0v) is 8.75. The lowest BCUT2D eigenvalue weighted by molar-refractivity contribution is -0.120. The van der Waals surface area contributed by atoms with Gasteiger partial charge in [-0.3, -0.25) is 10.2 Å². The molecule has 0 radical (unpaired) electrons. The molecule has 0 fully saturated rings. The van der Waals surface area contributed by atoms with Crippen LogP contribution in [0.5, 0.6) is 0 Å². The van der Waals surface area contributed by atoms with Crippen molar-refractivity contribution in [1.82, 2.24) is 5.43 Å². The number of aryl methyl sites for hydroxylation is 2. The number of fused-ring (bicyclic) bond motifs is 1. The number of nitrogens with two attached hydrogens (primary N) is 1. The van der Waals surface area contributed by atoms with E-state index in [9.17, 15) is 4.79 Å². The van der Waals surface area contributed by atoms with Crippen molar-refractivity contribution >= 4 is 5.91 Å². The van der Waals surface area contributed by atoms with Gasteiger partial charge in [0.1, 0.15) is 0 Å². The first-order valence-electron chi connectivity index (χ1n) is 5.40. The zero-order valence-electron chi connectivity index (χ0n) is 8.75. The highest BCUT2D eigenvalue weighted by Crippen LogP contribution is 2.22. The third-order valence-corrected chi connectivity index (χ3v) is 2.94. The van der Waals surface area contributed by atoms with Crippen molar-refractivity contribution in [2.45, 2.75) is 32.1 Å². The van der Waals surface area contributed by atoms with Gasteiger partial charge in [-0.2, -0.15) is 0 Å². The highest BCUT2D eigenvalue weighted by Gasteiger charge is 2.10. The summed E-state index contributed by atoms with van der Waals surface area (Å²) in [6.07, 6.45) is 5.26. The van der Waals surface area contributed by atoms with Crippen LogP contribution >= 0.6 is 0 Å². The number of amides is 1. The van der Waals surface area contributed by atoms with E-state index < -0.39 is 0 Å². The van der Waals surface area contributed by atoms with Crippen molar-refractivity contribution in [1.29, 1.82) is 0 Å². The molecule has 3 N–H and O–H groups in total. The molecule has 0 spiro atoms. The molecule has 0 saturated heterocycles. The summed E-state index contributed by atoms with van der Waals surface area (Å²) in [5.74, 6) is 4.92. The van der Waals surface area contributed by atoms with E-state index in [0.717, 1.165) is 12.0 Å². The molecule has 15 heavy (non-hydrogen) atoms. The molecule has 0 heterocycles. The van der Waals surface area contributed by atoms with Crippen LogP contribution in [-0.2, 0) is 24.1 Å². The van der Waals surface area contributed by atoms with Crippen LogP contribution in [0.1, 0.15) is 29.5 Å². The Morgan fingerprint density at radius 2 is 2.00 bits per heavy atom. The zero-order chi connectivity index (χ0) is 10.7. The molecule has 80 valence electrons. The molecule has 0 aliphatic heterocycles. The molecule has 1 aromatic carbocycles. The van der Waals surface area contributed by atoms with Crippen LogP contribution in [0.25, 0.3) is 0 Å². The van der Waals surface area contributed by atoms with Gasteiger partial charge in [0.2, 0.25) is 5.91 Å². The van der Waals surface area contributed by atoms with Crippen LogP contribution in [0.2, 0.25) is 0 Å². The molecular weight excluding hydrogens is 188 g/mol. The van der Waals surface area contributed by atoms with Crippen molar-refractivity contribution in [2.75, 3.05) is 0 Å². The van der Waals surface area contributed by atoms with Gasteiger partial charge in [0, 0.05) is 0 Å². The van der Waals surface area contributed by atoms with Gasteiger partial charge in [0.25, 0.3) is 0 Å². The standard InChI is InChI=1S/C12H16N2O/c13-14-12(15)8-9-5-6-10-3-1-2-4-11(10)7-9/h5-7H,1-4,8,13H2,(H,14,15). The number of hydrazine groups is 1. The summed E-state index contributed by atoms with van der Waals surface area (Å²) in [4.78, 5) is 11.1. The van der Waals surface area contributed by atoms with Crippen LogP contribution in [0.4, 0.5) is 0 Å². The summed E-state index contributed by atoms with van der Waals surface area (Å²) >= 11 is 0. The third kappa shape index (κ3) is 2.36. The number of hydrogen-bond acceptors (Lipinski definition) is 2. The summed E-state index contributed by atoms with van der Waals surface area (Å²) < 4.78 is 0. The summed E-state index contributed by atoms with van der Waals surface area (Å²) in [7, 11) is 0. The molecule has 0 aromatic heterocycles. The van der Waals surface area contributed by atoms with Crippen LogP contribution in [0, 0.1) is 0 Å². The normalized spacial score (nSPS) is 14.5. The number of carbonyl (C=O) groups excluding carboxylic acids is 1. The number of hydrogen-bond donors (Lipinski definition) is 2. The lowest BCUT2D eigenvalue weighted by atomic mass is 9.90. The minimum absolute atomic E-state index is 0.134. The molecular formula is C12H16N2O. The minimum Gasteiger partial charge on any atom is -0.294 e. The highest BCUT2D eigenvalue weighted by molar-refractivity contribution is 5.77. The molecule has 1 aliphatic carbocycles. The minimum atomic E-state index is -0.134.